The summed E-state index contributed by atoms with van der Waals surface area (Å²) in [6.07, 6.45) is 0.922. The van der Waals surface area contributed by atoms with Gasteiger partial charge >= 0.3 is 0 Å². The van der Waals surface area contributed by atoms with Crippen LogP contribution < -0.4 is 5.32 Å². The Hall–Kier alpha value is -2.17. The molecule has 5 heteroatoms. The van der Waals surface area contributed by atoms with Crippen molar-refractivity contribution < 1.29 is 14.0 Å². The second kappa shape index (κ2) is 4.78. The van der Waals surface area contributed by atoms with Crippen molar-refractivity contribution in [2.24, 2.45) is 0 Å². The summed E-state index contributed by atoms with van der Waals surface area (Å²) in [5.74, 6) is 0.0368. The maximum atomic E-state index is 10.7. The van der Waals surface area contributed by atoms with Crippen molar-refractivity contribution in [3.05, 3.63) is 29.7 Å². The lowest BCUT2D eigenvalue weighted by atomic mass is 10.1. The number of benzene rings is 1. The molecular weight excluding hydrogens is 220 g/mol. The number of nitrogens with one attached hydrogen (secondary N) is 1. The van der Waals surface area contributed by atoms with Gasteiger partial charge < -0.3 is 9.73 Å². The third-order valence-corrected chi connectivity index (χ3v) is 2.38. The van der Waals surface area contributed by atoms with Crippen molar-refractivity contribution in [2.45, 2.75) is 13.3 Å². The highest BCUT2D eigenvalue weighted by Crippen LogP contribution is 2.16. The number of hydrogen-bond donors (Lipinski definition) is 1. The molecule has 0 fully saturated rings. The second-order valence-corrected chi connectivity index (χ2v) is 3.69. The molecule has 5 nitrogen and oxygen atoms in total. The van der Waals surface area contributed by atoms with E-state index < -0.39 is 5.91 Å². The number of aromatic nitrogens is 1. The van der Waals surface area contributed by atoms with E-state index >= 15 is 0 Å². The summed E-state index contributed by atoms with van der Waals surface area (Å²) >= 11 is 0. The van der Waals surface area contributed by atoms with Crippen LogP contribution in [0.5, 0.6) is 0 Å². The van der Waals surface area contributed by atoms with E-state index in [1.807, 2.05) is 18.2 Å². The Bertz CT molecular complexity index is 560. The summed E-state index contributed by atoms with van der Waals surface area (Å²) in [4.78, 5) is 25.0. The summed E-state index contributed by atoms with van der Waals surface area (Å²) in [6, 6.07) is 5.69. The van der Waals surface area contributed by atoms with Crippen molar-refractivity contribution in [1.29, 1.82) is 0 Å². The molecule has 1 aromatic carbocycles. The zero-order chi connectivity index (χ0) is 12.3. The molecule has 1 heterocycles. The highest BCUT2D eigenvalue weighted by Gasteiger charge is 2.03. The highest BCUT2D eigenvalue weighted by atomic mass is 16.3. The summed E-state index contributed by atoms with van der Waals surface area (Å²) < 4.78 is 5.36. The molecule has 2 rings (SSSR count). The third kappa shape index (κ3) is 2.69. The number of aryl methyl sites for hydroxylation is 1. The van der Waals surface area contributed by atoms with E-state index in [4.69, 9.17) is 4.42 Å². The Kier molecular flexibility index (Phi) is 3.18. The Labute approximate surface area is 97.8 Å². The number of hydrogen-bond acceptors (Lipinski definition) is 4. The Morgan fingerprint density at radius 3 is 3.12 bits per heavy atom. The molecule has 0 bridgehead atoms. The van der Waals surface area contributed by atoms with Gasteiger partial charge in [0.2, 0.25) is 6.29 Å². The minimum absolute atomic E-state index is 0.268. The van der Waals surface area contributed by atoms with Crippen LogP contribution in [0.25, 0.3) is 11.1 Å². The molecule has 0 aliphatic heterocycles. The van der Waals surface area contributed by atoms with Crippen molar-refractivity contribution in [3.8, 4) is 0 Å². The molecule has 2 aromatic rings. The quantitative estimate of drug-likeness (QED) is 0.630. The van der Waals surface area contributed by atoms with Gasteiger partial charge in [0.15, 0.2) is 11.5 Å². The Morgan fingerprint density at radius 2 is 2.35 bits per heavy atom. The van der Waals surface area contributed by atoms with E-state index in [0.717, 1.165) is 16.7 Å². The van der Waals surface area contributed by atoms with Gasteiger partial charge in [-0.25, -0.2) is 4.98 Å². The van der Waals surface area contributed by atoms with Crippen LogP contribution in [0.3, 0.4) is 0 Å². The van der Waals surface area contributed by atoms with Gasteiger partial charge in [-0.2, -0.15) is 0 Å². The third-order valence-electron chi connectivity index (χ3n) is 2.38. The molecule has 0 saturated heterocycles. The molecule has 0 saturated carbocycles. The normalized spacial score (nSPS) is 10.4. The number of nitrogens with zero attached hydrogens (tertiary/aromatic N) is 1. The maximum absolute atomic E-state index is 10.7. The second-order valence-electron chi connectivity index (χ2n) is 3.69. The summed E-state index contributed by atoms with van der Waals surface area (Å²) in [5, 5.41) is 2.48. The van der Waals surface area contributed by atoms with Gasteiger partial charge in [-0.3, -0.25) is 9.59 Å². The first-order valence-corrected chi connectivity index (χ1v) is 5.28. The van der Waals surface area contributed by atoms with E-state index in [2.05, 4.69) is 10.3 Å². The Balaban J connectivity index is 2.03. The molecule has 1 N–H and O–H groups in total. The first kappa shape index (κ1) is 11.3. The van der Waals surface area contributed by atoms with Crippen molar-refractivity contribution in [1.82, 2.24) is 10.3 Å². The van der Waals surface area contributed by atoms with Crippen molar-refractivity contribution in [2.75, 3.05) is 6.54 Å². The predicted molar refractivity (Wildman–Crippen MR) is 61.5 cm³/mol. The number of amides is 1. The zero-order valence-electron chi connectivity index (χ0n) is 9.40. The molecule has 88 valence electrons. The van der Waals surface area contributed by atoms with Gasteiger partial charge in [0, 0.05) is 13.5 Å². The van der Waals surface area contributed by atoms with Crippen LogP contribution in [0.4, 0.5) is 0 Å². The number of rotatable bonds is 4. The molecule has 0 atom stereocenters. The number of oxazole rings is 1. The van der Waals surface area contributed by atoms with E-state index in [1.165, 1.54) is 0 Å². The van der Waals surface area contributed by atoms with Crippen LogP contribution in [0.15, 0.2) is 22.6 Å². The monoisotopic (exact) mass is 232 g/mol. The van der Waals surface area contributed by atoms with Crippen LogP contribution in [-0.4, -0.2) is 23.7 Å². The number of aldehydes is 1. The number of carbonyl (C=O) groups excluding carboxylic acids is 2. The van der Waals surface area contributed by atoms with E-state index in [9.17, 15) is 9.59 Å². The fourth-order valence-electron chi connectivity index (χ4n) is 1.62. The molecule has 1 aromatic heterocycles. The molecule has 0 unspecified atom stereocenters. The molecular formula is C12H12N2O3. The molecule has 0 aliphatic rings. The van der Waals surface area contributed by atoms with Gasteiger partial charge in [-0.1, -0.05) is 6.07 Å². The fourth-order valence-corrected chi connectivity index (χ4v) is 1.62. The average molecular weight is 232 g/mol. The molecule has 0 spiro atoms. The van der Waals surface area contributed by atoms with Gasteiger partial charge in [-0.15, -0.1) is 0 Å². The minimum Gasteiger partial charge on any atom is -0.441 e. The predicted octanol–water partition coefficient (Wildman–Crippen LogP) is 0.994. The lowest BCUT2D eigenvalue weighted by molar-refractivity contribution is -0.131. The van der Waals surface area contributed by atoms with Gasteiger partial charge in [0.1, 0.15) is 5.52 Å². The standard InChI is InChI=1S/C12H12N2O3/c1-8-14-10-6-9(2-3-11(10)17-8)4-5-13-12(16)7-15/h2-3,6-7H,4-5H2,1H3,(H,13,16). The van der Waals surface area contributed by atoms with Gasteiger partial charge in [0.25, 0.3) is 5.91 Å². The zero-order valence-corrected chi connectivity index (χ0v) is 9.40. The molecule has 17 heavy (non-hydrogen) atoms. The first-order valence-electron chi connectivity index (χ1n) is 5.28. The van der Waals surface area contributed by atoms with E-state index in [0.29, 0.717) is 18.9 Å². The summed E-state index contributed by atoms with van der Waals surface area (Å²) in [6.45, 7) is 2.23. The van der Waals surface area contributed by atoms with Crippen LogP contribution in [-0.2, 0) is 16.0 Å². The minimum atomic E-state index is -0.594. The number of fused-ring (bicyclic) bond motifs is 1. The van der Waals surface area contributed by atoms with Crippen LogP contribution in [0, 0.1) is 6.92 Å². The molecule has 0 aliphatic carbocycles. The summed E-state index contributed by atoms with van der Waals surface area (Å²) in [7, 11) is 0. The average Bonchev–Trinajstić information content (AvgIpc) is 2.68. The SMILES string of the molecule is Cc1nc2cc(CCNC(=O)C=O)ccc2o1. The largest absolute Gasteiger partial charge is 0.441 e. The first-order chi connectivity index (χ1) is 8.19. The van der Waals surface area contributed by atoms with E-state index in [-0.39, 0.29) is 6.29 Å². The smallest absolute Gasteiger partial charge is 0.284 e. The topological polar surface area (TPSA) is 72.2 Å². The van der Waals surface area contributed by atoms with Crippen LogP contribution in [0.1, 0.15) is 11.5 Å². The maximum Gasteiger partial charge on any atom is 0.284 e. The number of carbonyl (C=O) groups is 2. The van der Waals surface area contributed by atoms with Crippen LogP contribution >= 0.6 is 0 Å². The highest BCUT2D eigenvalue weighted by molar-refractivity contribution is 6.23. The van der Waals surface area contributed by atoms with Crippen molar-refractivity contribution in [3.63, 3.8) is 0 Å². The fraction of sp³-hybridized carbons (Fsp3) is 0.250. The van der Waals surface area contributed by atoms with Crippen LogP contribution in [0.2, 0.25) is 0 Å². The van der Waals surface area contributed by atoms with Gasteiger partial charge in [0.05, 0.1) is 0 Å². The van der Waals surface area contributed by atoms with Crippen molar-refractivity contribution >= 4 is 23.3 Å². The molecule has 0 radical (unpaired) electrons. The molecule has 1 amide bonds. The lowest BCUT2D eigenvalue weighted by Gasteiger charge is -2.01. The Morgan fingerprint density at radius 1 is 1.53 bits per heavy atom. The van der Waals surface area contributed by atoms with E-state index in [1.54, 1.807) is 6.92 Å². The summed E-state index contributed by atoms with van der Waals surface area (Å²) in [5.41, 5.74) is 2.60. The van der Waals surface area contributed by atoms with Gasteiger partial charge in [-0.05, 0) is 24.1 Å². The lowest BCUT2D eigenvalue weighted by Crippen LogP contribution is -2.26.